The summed E-state index contributed by atoms with van der Waals surface area (Å²) in [5, 5.41) is 0. The normalized spacial score (nSPS) is 19.5. The Bertz CT molecular complexity index is 478. The molecule has 2 N–H and O–H groups in total. The number of hydrogen-bond donors (Lipinski definition) is 1. The summed E-state index contributed by atoms with van der Waals surface area (Å²) in [4.78, 5) is 16.5. The third-order valence-electron chi connectivity index (χ3n) is 4.09. The molecule has 5 heteroatoms. The van der Waals surface area contributed by atoms with Gasteiger partial charge in [-0.3, -0.25) is 9.69 Å². The van der Waals surface area contributed by atoms with Gasteiger partial charge in [0.05, 0.1) is 18.7 Å². The summed E-state index contributed by atoms with van der Waals surface area (Å²) in [5.74, 6) is 0.811. The number of amides is 1. The SMILES string of the molecule is CCC1CN(C(=O)CCOc2ccccc2N)CCN1C. The molecule has 0 radical (unpaired) electrons. The molecule has 1 saturated heterocycles. The lowest BCUT2D eigenvalue weighted by molar-refractivity contribution is -0.134. The van der Waals surface area contributed by atoms with E-state index in [-0.39, 0.29) is 5.91 Å². The number of ether oxygens (including phenoxy) is 1. The van der Waals surface area contributed by atoms with E-state index in [0.717, 1.165) is 26.1 Å². The highest BCUT2D eigenvalue weighted by molar-refractivity contribution is 5.76. The highest BCUT2D eigenvalue weighted by Crippen LogP contribution is 2.20. The Labute approximate surface area is 126 Å². The van der Waals surface area contributed by atoms with Crippen LogP contribution < -0.4 is 10.5 Å². The molecule has 1 aromatic rings. The monoisotopic (exact) mass is 291 g/mol. The largest absolute Gasteiger partial charge is 0.491 e. The maximum Gasteiger partial charge on any atom is 0.226 e. The van der Waals surface area contributed by atoms with Gasteiger partial charge < -0.3 is 15.4 Å². The minimum Gasteiger partial charge on any atom is -0.491 e. The van der Waals surface area contributed by atoms with Crippen molar-refractivity contribution in [1.82, 2.24) is 9.80 Å². The van der Waals surface area contributed by atoms with Crippen molar-refractivity contribution in [2.24, 2.45) is 0 Å². The van der Waals surface area contributed by atoms with Crippen LogP contribution in [0.4, 0.5) is 5.69 Å². The van der Waals surface area contributed by atoms with Gasteiger partial charge in [0.2, 0.25) is 5.91 Å². The lowest BCUT2D eigenvalue weighted by Crippen LogP contribution is -2.53. The number of nitrogens with two attached hydrogens (primary N) is 1. The molecule has 0 bridgehead atoms. The maximum absolute atomic E-state index is 12.2. The van der Waals surface area contributed by atoms with E-state index in [1.54, 1.807) is 6.07 Å². The molecule has 0 spiro atoms. The van der Waals surface area contributed by atoms with E-state index >= 15 is 0 Å². The van der Waals surface area contributed by atoms with Crippen LogP contribution in [-0.2, 0) is 4.79 Å². The first-order chi connectivity index (χ1) is 10.1. The fourth-order valence-corrected chi connectivity index (χ4v) is 2.63. The average molecular weight is 291 g/mol. The van der Waals surface area contributed by atoms with Crippen LogP contribution in [0.2, 0.25) is 0 Å². The van der Waals surface area contributed by atoms with Crippen molar-refractivity contribution in [2.45, 2.75) is 25.8 Å². The van der Waals surface area contributed by atoms with E-state index < -0.39 is 0 Å². The topological polar surface area (TPSA) is 58.8 Å². The van der Waals surface area contributed by atoms with Crippen molar-refractivity contribution in [1.29, 1.82) is 0 Å². The van der Waals surface area contributed by atoms with Gasteiger partial charge >= 0.3 is 0 Å². The Morgan fingerprint density at radius 1 is 1.38 bits per heavy atom. The van der Waals surface area contributed by atoms with Gasteiger partial charge in [-0.05, 0) is 25.6 Å². The van der Waals surface area contributed by atoms with Crippen LogP contribution >= 0.6 is 0 Å². The summed E-state index contributed by atoms with van der Waals surface area (Å²) in [6.45, 7) is 5.10. The van der Waals surface area contributed by atoms with E-state index in [1.807, 2.05) is 23.1 Å². The van der Waals surface area contributed by atoms with Gasteiger partial charge in [0.25, 0.3) is 0 Å². The molecule has 1 aliphatic rings. The predicted molar refractivity (Wildman–Crippen MR) is 84.3 cm³/mol. The second-order valence-electron chi connectivity index (χ2n) is 5.52. The number of carbonyl (C=O) groups is 1. The summed E-state index contributed by atoms with van der Waals surface area (Å²) in [6.07, 6.45) is 1.46. The van der Waals surface area contributed by atoms with Crippen LogP contribution in [0.3, 0.4) is 0 Å². The first kappa shape index (κ1) is 15.6. The number of piperazine rings is 1. The number of benzene rings is 1. The van der Waals surface area contributed by atoms with Crippen molar-refractivity contribution < 1.29 is 9.53 Å². The molecule has 5 nitrogen and oxygen atoms in total. The summed E-state index contributed by atoms with van der Waals surface area (Å²) >= 11 is 0. The Balaban J connectivity index is 1.78. The predicted octanol–water partition coefficient (Wildman–Crippen LogP) is 1.59. The molecule has 1 amide bonds. The molecule has 116 valence electrons. The van der Waals surface area contributed by atoms with Gasteiger partial charge in [-0.25, -0.2) is 0 Å². The van der Waals surface area contributed by atoms with Gasteiger partial charge in [0.1, 0.15) is 5.75 Å². The molecular formula is C16H25N3O2. The Hall–Kier alpha value is -1.75. The molecule has 0 saturated carbocycles. The Kier molecular flexibility index (Phi) is 5.44. The number of likely N-dealkylation sites (N-methyl/N-ethyl adjacent to an activating group) is 1. The number of nitrogens with zero attached hydrogens (tertiary/aromatic N) is 2. The van der Waals surface area contributed by atoms with Crippen molar-refractivity contribution in [2.75, 3.05) is 39.0 Å². The van der Waals surface area contributed by atoms with Crippen LogP contribution in [0.1, 0.15) is 19.8 Å². The fourth-order valence-electron chi connectivity index (χ4n) is 2.63. The molecule has 2 rings (SSSR count). The molecule has 21 heavy (non-hydrogen) atoms. The van der Waals surface area contributed by atoms with Gasteiger partial charge in [-0.2, -0.15) is 0 Å². The van der Waals surface area contributed by atoms with Crippen LogP contribution in [0.5, 0.6) is 5.75 Å². The quantitative estimate of drug-likeness (QED) is 0.837. The Morgan fingerprint density at radius 2 is 2.14 bits per heavy atom. The highest BCUT2D eigenvalue weighted by Gasteiger charge is 2.25. The van der Waals surface area contributed by atoms with Gasteiger partial charge in [0, 0.05) is 25.7 Å². The molecule has 1 fully saturated rings. The van der Waals surface area contributed by atoms with E-state index in [9.17, 15) is 4.79 Å². The summed E-state index contributed by atoms with van der Waals surface area (Å²) in [6, 6.07) is 7.82. The molecule has 0 aliphatic carbocycles. The zero-order chi connectivity index (χ0) is 15.2. The zero-order valence-electron chi connectivity index (χ0n) is 12.9. The third-order valence-corrected chi connectivity index (χ3v) is 4.09. The molecule has 1 aliphatic heterocycles. The maximum atomic E-state index is 12.2. The standard InChI is InChI=1S/C16H25N3O2/c1-3-13-12-19(10-9-18(13)2)16(20)8-11-21-15-7-5-4-6-14(15)17/h4-7,13H,3,8-12,17H2,1-2H3. The van der Waals surface area contributed by atoms with E-state index in [2.05, 4.69) is 18.9 Å². The van der Waals surface area contributed by atoms with Crippen molar-refractivity contribution >= 4 is 11.6 Å². The van der Waals surface area contributed by atoms with E-state index in [0.29, 0.717) is 30.5 Å². The molecule has 1 heterocycles. The second-order valence-corrected chi connectivity index (χ2v) is 5.52. The minimum atomic E-state index is 0.163. The highest BCUT2D eigenvalue weighted by atomic mass is 16.5. The van der Waals surface area contributed by atoms with Crippen LogP contribution in [-0.4, -0.2) is 55.0 Å². The summed E-state index contributed by atoms with van der Waals surface area (Å²) < 4.78 is 5.59. The van der Waals surface area contributed by atoms with Gasteiger partial charge in [-0.15, -0.1) is 0 Å². The molecule has 1 unspecified atom stereocenters. The number of nitrogen functional groups attached to an aromatic ring is 1. The van der Waals surface area contributed by atoms with E-state index in [4.69, 9.17) is 10.5 Å². The fraction of sp³-hybridized carbons (Fsp3) is 0.562. The van der Waals surface area contributed by atoms with Crippen LogP contribution in [0.15, 0.2) is 24.3 Å². The molecule has 0 aromatic heterocycles. The number of para-hydroxylation sites is 2. The van der Waals surface area contributed by atoms with Gasteiger partial charge in [0.15, 0.2) is 0 Å². The lowest BCUT2D eigenvalue weighted by atomic mass is 10.1. The number of carbonyl (C=O) groups excluding carboxylic acids is 1. The minimum absolute atomic E-state index is 0.163. The van der Waals surface area contributed by atoms with Crippen molar-refractivity contribution in [3.63, 3.8) is 0 Å². The third kappa shape index (κ3) is 4.11. The first-order valence-electron chi connectivity index (χ1n) is 7.57. The smallest absolute Gasteiger partial charge is 0.226 e. The van der Waals surface area contributed by atoms with Crippen molar-refractivity contribution in [3.8, 4) is 5.75 Å². The average Bonchev–Trinajstić information content (AvgIpc) is 2.49. The second kappa shape index (κ2) is 7.31. The lowest BCUT2D eigenvalue weighted by Gasteiger charge is -2.39. The zero-order valence-corrected chi connectivity index (χ0v) is 12.9. The molecule has 1 atom stereocenters. The number of hydrogen-bond acceptors (Lipinski definition) is 4. The molecular weight excluding hydrogens is 266 g/mol. The summed E-state index contributed by atoms with van der Waals surface area (Å²) in [7, 11) is 2.12. The Morgan fingerprint density at radius 3 is 2.86 bits per heavy atom. The van der Waals surface area contributed by atoms with Crippen molar-refractivity contribution in [3.05, 3.63) is 24.3 Å². The van der Waals surface area contributed by atoms with Gasteiger partial charge in [-0.1, -0.05) is 19.1 Å². The number of rotatable bonds is 5. The van der Waals surface area contributed by atoms with E-state index in [1.165, 1.54) is 0 Å². The first-order valence-corrected chi connectivity index (χ1v) is 7.57. The molecule has 1 aromatic carbocycles. The summed E-state index contributed by atoms with van der Waals surface area (Å²) in [5.41, 5.74) is 6.41. The van der Waals surface area contributed by atoms with Crippen LogP contribution in [0, 0.1) is 0 Å². The number of anilines is 1. The van der Waals surface area contributed by atoms with Crippen LogP contribution in [0.25, 0.3) is 0 Å².